The first-order valence-electron chi connectivity index (χ1n) is 6.82. The Labute approximate surface area is 123 Å². The predicted octanol–water partition coefficient (Wildman–Crippen LogP) is 1.31. The van der Waals surface area contributed by atoms with Gasteiger partial charge in [-0.05, 0) is 38.3 Å². The second-order valence-corrected chi connectivity index (χ2v) is 7.07. The molecule has 7 nitrogen and oxygen atoms in total. The van der Waals surface area contributed by atoms with Crippen LogP contribution in [0.1, 0.15) is 24.8 Å². The zero-order valence-corrected chi connectivity index (χ0v) is 12.6. The number of nitrogens with two attached hydrogens (primary N) is 1. The van der Waals surface area contributed by atoms with Crippen molar-refractivity contribution < 1.29 is 13.3 Å². The number of nitro groups is 1. The molecule has 21 heavy (non-hydrogen) atoms. The standard InChI is InChI=1S/C13H19N3O4S/c1-9-5-6-11(7-13(9)16(17)18)21(19,20)15-12-4-2-3-10(12)8-14/h5-7,10,12,15H,2-4,8,14H2,1H3/t10-,12+/m0/s1. The van der Waals surface area contributed by atoms with Gasteiger partial charge < -0.3 is 5.73 Å². The summed E-state index contributed by atoms with van der Waals surface area (Å²) in [5.41, 5.74) is 5.88. The highest BCUT2D eigenvalue weighted by Gasteiger charge is 2.31. The van der Waals surface area contributed by atoms with Crippen molar-refractivity contribution in [2.24, 2.45) is 11.7 Å². The SMILES string of the molecule is Cc1ccc(S(=O)(=O)N[C@@H]2CCC[C@H]2CN)cc1[N+](=O)[O-]. The number of sulfonamides is 1. The molecule has 0 aliphatic heterocycles. The van der Waals surface area contributed by atoms with Crippen LogP contribution in [0.3, 0.4) is 0 Å². The number of hydrogen-bond donors (Lipinski definition) is 2. The summed E-state index contributed by atoms with van der Waals surface area (Å²) >= 11 is 0. The minimum absolute atomic E-state index is 0.0810. The largest absolute Gasteiger partial charge is 0.330 e. The van der Waals surface area contributed by atoms with Crippen LogP contribution in [-0.4, -0.2) is 25.9 Å². The molecule has 0 amide bonds. The molecule has 1 aromatic rings. The maximum Gasteiger partial charge on any atom is 0.273 e. The van der Waals surface area contributed by atoms with E-state index in [2.05, 4.69) is 4.72 Å². The molecule has 2 rings (SSSR count). The molecular weight excluding hydrogens is 294 g/mol. The number of hydrogen-bond acceptors (Lipinski definition) is 5. The van der Waals surface area contributed by atoms with Gasteiger partial charge in [0.1, 0.15) is 0 Å². The number of rotatable bonds is 5. The van der Waals surface area contributed by atoms with Gasteiger partial charge in [0, 0.05) is 17.7 Å². The first-order valence-corrected chi connectivity index (χ1v) is 8.31. The second-order valence-electron chi connectivity index (χ2n) is 5.36. The highest BCUT2D eigenvalue weighted by molar-refractivity contribution is 7.89. The van der Waals surface area contributed by atoms with Gasteiger partial charge in [0.05, 0.1) is 9.82 Å². The van der Waals surface area contributed by atoms with Crippen molar-refractivity contribution in [2.45, 2.75) is 37.1 Å². The van der Waals surface area contributed by atoms with Gasteiger partial charge in [-0.2, -0.15) is 0 Å². The van der Waals surface area contributed by atoms with Gasteiger partial charge in [-0.15, -0.1) is 0 Å². The van der Waals surface area contributed by atoms with E-state index >= 15 is 0 Å². The molecule has 1 aliphatic carbocycles. The average molecular weight is 313 g/mol. The van der Waals surface area contributed by atoms with E-state index in [1.807, 2.05) is 0 Å². The zero-order valence-electron chi connectivity index (χ0n) is 11.8. The molecule has 0 spiro atoms. The van der Waals surface area contributed by atoms with Gasteiger partial charge >= 0.3 is 0 Å². The first-order chi connectivity index (χ1) is 9.85. The topological polar surface area (TPSA) is 115 Å². The molecule has 1 saturated carbocycles. The molecule has 0 unspecified atom stereocenters. The Balaban J connectivity index is 2.27. The maximum atomic E-state index is 12.4. The normalized spacial score (nSPS) is 22.4. The van der Waals surface area contributed by atoms with Crippen LogP contribution in [-0.2, 0) is 10.0 Å². The number of aryl methyl sites for hydroxylation is 1. The van der Waals surface area contributed by atoms with Gasteiger partial charge in [0.15, 0.2) is 0 Å². The molecule has 1 aromatic carbocycles. The lowest BCUT2D eigenvalue weighted by atomic mass is 10.1. The van der Waals surface area contributed by atoms with E-state index in [0.29, 0.717) is 12.1 Å². The summed E-state index contributed by atoms with van der Waals surface area (Å²) in [6.45, 7) is 2.00. The van der Waals surface area contributed by atoms with Crippen molar-refractivity contribution in [1.82, 2.24) is 4.72 Å². The Bertz CT molecular complexity index is 645. The molecular formula is C13H19N3O4S. The molecule has 1 fully saturated rings. The van der Waals surface area contributed by atoms with Crippen LogP contribution in [0.5, 0.6) is 0 Å². The van der Waals surface area contributed by atoms with Crippen LogP contribution < -0.4 is 10.5 Å². The monoisotopic (exact) mass is 313 g/mol. The Morgan fingerprint density at radius 1 is 1.43 bits per heavy atom. The summed E-state index contributed by atoms with van der Waals surface area (Å²) in [7, 11) is -3.77. The lowest BCUT2D eigenvalue weighted by Gasteiger charge is -2.19. The summed E-state index contributed by atoms with van der Waals surface area (Å²) in [5.74, 6) is 0.125. The summed E-state index contributed by atoms with van der Waals surface area (Å²) in [6, 6.07) is 3.74. The Morgan fingerprint density at radius 3 is 2.76 bits per heavy atom. The molecule has 0 radical (unpaired) electrons. The molecule has 0 saturated heterocycles. The van der Waals surface area contributed by atoms with E-state index in [0.717, 1.165) is 25.3 Å². The van der Waals surface area contributed by atoms with Gasteiger partial charge in [-0.3, -0.25) is 10.1 Å². The van der Waals surface area contributed by atoms with E-state index in [4.69, 9.17) is 5.73 Å². The number of nitrogens with zero attached hydrogens (tertiary/aromatic N) is 1. The van der Waals surface area contributed by atoms with Crippen LogP contribution in [0.4, 0.5) is 5.69 Å². The van der Waals surface area contributed by atoms with Crippen LogP contribution >= 0.6 is 0 Å². The summed E-state index contributed by atoms with van der Waals surface area (Å²) in [6.07, 6.45) is 2.58. The molecule has 116 valence electrons. The first kappa shape index (κ1) is 15.9. The number of nitrogens with one attached hydrogen (secondary N) is 1. The van der Waals surface area contributed by atoms with Crippen molar-refractivity contribution in [3.63, 3.8) is 0 Å². The van der Waals surface area contributed by atoms with Gasteiger partial charge in [-0.1, -0.05) is 12.5 Å². The van der Waals surface area contributed by atoms with E-state index < -0.39 is 14.9 Å². The highest BCUT2D eigenvalue weighted by atomic mass is 32.2. The molecule has 0 bridgehead atoms. The molecule has 0 heterocycles. The van der Waals surface area contributed by atoms with Crippen molar-refractivity contribution in [2.75, 3.05) is 6.54 Å². The molecule has 2 atom stereocenters. The fraction of sp³-hybridized carbons (Fsp3) is 0.538. The number of nitro benzene ring substituents is 1. The van der Waals surface area contributed by atoms with Crippen LogP contribution in [0.25, 0.3) is 0 Å². The van der Waals surface area contributed by atoms with Crippen LogP contribution in [0, 0.1) is 23.0 Å². The third-order valence-corrected chi connectivity index (χ3v) is 5.44. The average Bonchev–Trinajstić information content (AvgIpc) is 2.85. The summed E-state index contributed by atoms with van der Waals surface area (Å²) in [5, 5.41) is 10.9. The van der Waals surface area contributed by atoms with E-state index in [-0.39, 0.29) is 22.5 Å². The lowest BCUT2D eigenvalue weighted by Crippen LogP contribution is -2.39. The van der Waals surface area contributed by atoms with Gasteiger partial charge in [0.2, 0.25) is 10.0 Å². The van der Waals surface area contributed by atoms with Crippen molar-refractivity contribution in [3.8, 4) is 0 Å². The fourth-order valence-electron chi connectivity index (χ4n) is 2.69. The quantitative estimate of drug-likeness (QED) is 0.628. The molecule has 1 aliphatic rings. The predicted molar refractivity (Wildman–Crippen MR) is 78.3 cm³/mol. The minimum atomic E-state index is -3.77. The lowest BCUT2D eigenvalue weighted by molar-refractivity contribution is -0.385. The van der Waals surface area contributed by atoms with Crippen LogP contribution in [0.15, 0.2) is 23.1 Å². The third-order valence-electron chi connectivity index (χ3n) is 3.96. The Morgan fingerprint density at radius 2 is 2.14 bits per heavy atom. The summed E-state index contributed by atoms with van der Waals surface area (Å²) < 4.78 is 27.4. The van der Waals surface area contributed by atoms with E-state index in [1.54, 1.807) is 6.92 Å². The van der Waals surface area contributed by atoms with Crippen molar-refractivity contribution in [3.05, 3.63) is 33.9 Å². The number of benzene rings is 1. The zero-order chi connectivity index (χ0) is 15.6. The van der Waals surface area contributed by atoms with E-state index in [9.17, 15) is 18.5 Å². The Kier molecular flexibility index (Phi) is 4.60. The smallest absolute Gasteiger partial charge is 0.273 e. The molecule has 3 N–H and O–H groups in total. The van der Waals surface area contributed by atoms with Crippen molar-refractivity contribution in [1.29, 1.82) is 0 Å². The molecule has 0 aromatic heterocycles. The van der Waals surface area contributed by atoms with E-state index in [1.165, 1.54) is 12.1 Å². The maximum absolute atomic E-state index is 12.4. The van der Waals surface area contributed by atoms with Gasteiger partial charge in [-0.25, -0.2) is 13.1 Å². The minimum Gasteiger partial charge on any atom is -0.330 e. The third kappa shape index (κ3) is 3.39. The summed E-state index contributed by atoms with van der Waals surface area (Å²) in [4.78, 5) is 10.3. The molecule has 8 heteroatoms. The van der Waals surface area contributed by atoms with Crippen molar-refractivity contribution >= 4 is 15.7 Å². The van der Waals surface area contributed by atoms with Crippen LogP contribution in [0.2, 0.25) is 0 Å². The second kappa shape index (κ2) is 6.08. The fourth-order valence-corrected chi connectivity index (χ4v) is 4.05. The highest BCUT2D eigenvalue weighted by Crippen LogP contribution is 2.27. The Hall–Kier alpha value is -1.51. The van der Waals surface area contributed by atoms with Gasteiger partial charge in [0.25, 0.3) is 5.69 Å².